The third-order valence-corrected chi connectivity index (χ3v) is 1.89. The third kappa shape index (κ3) is 2.91. The van der Waals surface area contributed by atoms with Crippen LogP contribution in [0.3, 0.4) is 0 Å². The molecule has 0 saturated heterocycles. The van der Waals surface area contributed by atoms with Crippen LogP contribution in [0.25, 0.3) is 0 Å². The molecule has 0 bridgehead atoms. The van der Waals surface area contributed by atoms with Gasteiger partial charge in [-0.2, -0.15) is 0 Å². The molecule has 0 radical (unpaired) electrons. The van der Waals surface area contributed by atoms with Crippen LogP contribution in [0.1, 0.15) is 11.3 Å². The molecule has 1 rings (SSSR count). The molecule has 0 aromatic carbocycles. The van der Waals surface area contributed by atoms with Crippen LogP contribution in [-0.4, -0.2) is 10.7 Å². The van der Waals surface area contributed by atoms with Gasteiger partial charge in [-0.25, -0.2) is 0 Å². The lowest BCUT2D eigenvalue weighted by Gasteiger charge is -1.97. The first kappa shape index (κ1) is 8.56. The van der Waals surface area contributed by atoms with E-state index in [-0.39, 0.29) is 0 Å². The quantitative estimate of drug-likeness (QED) is 0.696. The van der Waals surface area contributed by atoms with Crippen molar-refractivity contribution >= 4 is 11.9 Å². The molecule has 60 valence electrons. The zero-order chi connectivity index (χ0) is 8.10. The summed E-state index contributed by atoms with van der Waals surface area (Å²) in [6.07, 6.45) is 2.85. The lowest BCUT2D eigenvalue weighted by atomic mass is 10.2. The minimum Gasteiger partial charge on any atom is -0.278 e. The summed E-state index contributed by atoms with van der Waals surface area (Å²) in [5.41, 5.74) is 2.32. The first-order chi connectivity index (χ1) is 5.33. The topological polar surface area (TPSA) is 38.9 Å². The highest BCUT2D eigenvalue weighted by Gasteiger charge is 1.92. The van der Waals surface area contributed by atoms with E-state index in [0.717, 1.165) is 17.9 Å². The summed E-state index contributed by atoms with van der Waals surface area (Å²) >= 11 is 1.36. The summed E-state index contributed by atoms with van der Waals surface area (Å²) in [6, 6.07) is 4.12. The Morgan fingerprint density at radius 1 is 1.55 bits per heavy atom. The van der Waals surface area contributed by atoms with Crippen molar-refractivity contribution in [3.8, 4) is 0 Å². The number of nitrogens with zero attached hydrogens (tertiary/aromatic N) is 1. The first-order valence-electron chi connectivity index (χ1n) is 3.56. The Bertz CT molecular complexity index is 208. The lowest BCUT2D eigenvalue weighted by Crippen LogP contribution is -1.94. The minimum atomic E-state index is 0.941. The normalized spacial score (nSPS) is 10.0. The standard InChI is InChI=1S/C8H12N2S/c1-7-2-3-8(10-6-7)4-5-11-9/h2-3,6H,4-5,9H2,1H3. The van der Waals surface area contributed by atoms with Gasteiger partial charge in [-0.15, -0.1) is 0 Å². The summed E-state index contributed by atoms with van der Waals surface area (Å²) < 4.78 is 0. The molecule has 1 heterocycles. The van der Waals surface area contributed by atoms with E-state index in [4.69, 9.17) is 5.14 Å². The van der Waals surface area contributed by atoms with Crippen LogP contribution in [-0.2, 0) is 6.42 Å². The van der Waals surface area contributed by atoms with Gasteiger partial charge in [0, 0.05) is 17.6 Å². The summed E-state index contributed by atoms with van der Waals surface area (Å²) in [6.45, 7) is 2.04. The monoisotopic (exact) mass is 168 g/mol. The fraction of sp³-hybridized carbons (Fsp3) is 0.375. The van der Waals surface area contributed by atoms with Crippen molar-refractivity contribution < 1.29 is 0 Å². The highest BCUT2D eigenvalue weighted by atomic mass is 32.2. The van der Waals surface area contributed by atoms with Gasteiger partial charge in [0.25, 0.3) is 0 Å². The minimum absolute atomic E-state index is 0.941. The summed E-state index contributed by atoms with van der Waals surface area (Å²) in [7, 11) is 0. The molecule has 0 aliphatic heterocycles. The Hall–Kier alpha value is -0.540. The van der Waals surface area contributed by atoms with E-state index < -0.39 is 0 Å². The summed E-state index contributed by atoms with van der Waals surface area (Å²) in [4.78, 5) is 4.25. The molecule has 11 heavy (non-hydrogen) atoms. The van der Waals surface area contributed by atoms with Gasteiger partial charge < -0.3 is 0 Å². The highest BCUT2D eigenvalue weighted by molar-refractivity contribution is 7.97. The van der Waals surface area contributed by atoms with Crippen LogP contribution in [0.5, 0.6) is 0 Å². The number of nitrogens with two attached hydrogens (primary N) is 1. The van der Waals surface area contributed by atoms with Crippen molar-refractivity contribution in [3.05, 3.63) is 29.6 Å². The molecular formula is C8H12N2S. The second-order valence-electron chi connectivity index (χ2n) is 2.45. The average molecular weight is 168 g/mol. The van der Waals surface area contributed by atoms with E-state index in [1.807, 2.05) is 19.2 Å². The van der Waals surface area contributed by atoms with E-state index in [1.54, 1.807) is 0 Å². The average Bonchev–Trinajstić information content (AvgIpc) is 2.04. The Kier molecular flexibility index (Phi) is 3.39. The Labute approximate surface area is 71.3 Å². The smallest absolute Gasteiger partial charge is 0.0412 e. The number of aromatic nitrogens is 1. The summed E-state index contributed by atoms with van der Waals surface area (Å²) in [5.74, 6) is 0.941. The van der Waals surface area contributed by atoms with Crippen molar-refractivity contribution in [1.29, 1.82) is 0 Å². The Morgan fingerprint density at radius 2 is 2.36 bits per heavy atom. The van der Waals surface area contributed by atoms with Gasteiger partial charge in [-0.3, -0.25) is 10.1 Å². The molecule has 0 aliphatic rings. The zero-order valence-corrected chi connectivity index (χ0v) is 7.40. The molecule has 2 N–H and O–H groups in total. The van der Waals surface area contributed by atoms with Gasteiger partial charge in [0.05, 0.1) is 0 Å². The SMILES string of the molecule is Cc1ccc(CCSN)nc1. The highest BCUT2D eigenvalue weighted by Crippen LogP contribution is 2.01. The van der Waals surface area contributed by atoms with E-state index in [0.29, 0.717) is 0 Å². The molecule has 0 spiro atoms. The maximum Gasteiger partial charge on any atom is 0.0412 e. The van der Waals surface area contributed by atoms with Crippen molar-refractivity contribution in [1.82, 2.24) is 4.98 Å². The predicted octanol–water partition coefficient (Wildman–Crippen LogP) is 1.54. The first-order valence-corrected chi connectivity index (χ1v) is 4.61. The van der Waals surface area contributed by atoms with Crippen LogP contribution in [0.4, 0.5) is 0 Å². The molecule has 1 aromatic rings. The van der Waals surface area contributed by atoms with Crippen molar-refractivity contribution in [2.75, 3.05) is 5.75 Å². The maximum absolute atomic E-state index is 5.30. The van der Waals surface area contributed by atoms with E-state index >= 15 is 0 Å². The van der Waals surface area contributed by atoms with Crippen LogP contribution in [0.15, 0.2) is 18.3 Å². The second-order valence-corrected chi connectivity index (χ2v) is 3.19. The predicted molar refractivity (Wildman–Crippen MR) is 49.3 cm³/mol. The van der Waals surface area contributed by atoms with Gasteiger partial charge in [0.15, 0.2) is 0 Å². The van der Waals surface area contributed by atoms with Crippen LogP contribution in [0.2, 0.25) is 0 Å². The molecule has 3 heteroatoms. The third-order valence-electron chi connectivity index (χ3n) is 1.45. The molecule has 0 fully saturated rings. The van der Waals surface area contributed by atoms with E-state index in [9.17, 15) is 0 Å². The number of hydrogen-bond acceptors (Lipinski definition) is 3. The molecule has 0 unspecified atom stereocenters. The van der Waals surface area contributed by atoms with Gasteiger partial charge in [-0.1, -0.05) is 18.0 Å². The molecule has 2 nitrogen and oxygen atoms in total. The van der Waals surface area contributed by atoms with Gasteiger partial charge in [0.1, 0.15) is 0 Å². The van der Waals surface area contributed by atoms with Crippen LogP contribution >= 0.6 is 11.9 Å². The second kappa shape index (κ2) is 4.36. The zero-order valence-electron chi connectivity index (χ0n) is 6.58. The molecule has 0 atom stereocenters. The molecule has 0 saturated carbocycles. The van der Waals surface area contributed by atoms with Gasteiger partial charge in [0.2, 0.25) is 0 Å². The fourth-order valence-corrected chi connectivity index (χ4v) is 1.14. The maximum atomic E-state index is 5.30. The van der Waals surface area contributed by atoms with Crippen LogP contribution < -0.4 is 5.14 Å². The number of pyridine rings is 1. The van der Waals surface area contributed by atoms with E-state index in [1.165, 1.54) is 17.5 Å². The largest absolute Gasteiger partial charge is 0.278 e. The molecule has 0 amide bonds. The molecule has 1 aromatic heterocycles. The van der Waals surface area contributed by atoms with Crippen molar-refractivity contribution in [2.24, 2.45) is 5.14 Å². The number of aryl methyl sites for hydroxylation is 2. The Morgan fingerprint density at radius 3 is 2.91 bits per heavy atom. The lowest BCUT2D eigenvalue weighted by molar-refractivity contribution is 1.04. The number of hydrogen-bond donors (Lipinski definition) is 1. The molecule has 0 aliphatic carbocycles. The van der Waals surface area contributed by atoms with Crippen molar-refractivity contribution in [3.63, 3.8) is 0 Å². The Balaban J connectivity index is 2.52. The van der Waals surface area contributed by atoms with Gasteiger partial charge >= 0.3 is 0 Å². The van der Waals surface area contributed by atoms with Gasteiger partial charge in [-0.05, 0) is 25.0 Å². The number of rotatable bonds is 3. The van der Waals surface area contributed by atoms with Crippen LogP contribution in [0, 0.1) is 6.92 Å². The molecular weight excluding hydrogens is 156 g/mol. The summed E-state index contributed by atoms with van der Waals surface area (Å²) in [5, 5.41) is 5.30. The van der Waals surface area contributed by atoms with E-state index in [2.05, 4.69) is 11.1 Å². The van der Waals surface area contributed by atoms with Crippen molar-refractivity contribution in [2.45, 2.75) is 13.3 Å². The fourth-order valence-electron chi connectivity index (χ4n) is 0.810.